The average molecular weight is 294 g/mol. The Balaban J connectivity index is 2.43. The minimum atomic E-state index is -0.413. The molecule has 0 aromatic heterocycles. The maximum absolute atomic E-state index is 11.6. The van der Waals surface area contributed by atoms with Gasteiger partial charge in [-0.3, -0.25) is 0 Å². The first-order valence-corrected chi connectivity index (χ1v) is 8.42. The summed E-state index contributed by atoms with van der Waals surface area (Å²) in [4.78, 5) is 11.6. The quantitative estimate of drug-likeness (QED) is 0.677. The molecule has 0 radical (unpaired) electrons. The molecule has 0 bridgehead atoms. The van der Waals surface area contributed by atoms with Crippen LogP contribution < -0.4 is 0 Å². The lowest BCUT2D eigenvalue weighted by atomic mass is 10.0. The highest BCUT2D eigenvalue weighted by Gasteiger charge is 2.06. The Morgan fingerprint density at radius 2 is 1.52 bits per heavy atom. The summed E-state index contributed by atoms with van der Waals surface area (Å²) in [5, 5.41) is 9.77. The predicted molar refractivity (Wildman–Crippen MR) is 86.0 cm³/mol. The number of carbonyl (C=O) groups excluding carboxylic acids is 1. The first-order chi connectivity index (χ1) is 10.2. The molecule has 2 atom stereocenters. The van der Waals surface area contributed by atoms with Gasteiger partial charge in [-0.05, 0) is 26.2 Å². The van der Waals surface area contributed by atoms with Crippen LogP contribution in [0.15, 0.2) is 24.3 Å². The summed E-state index contributed by atoms with van der Waals surface area (Å²) < 4.78 is 5.30. The van der Waals surface area contributed by atoms with E-state index in [1.165, 1.54) is 44.6 Å². The molecule has 1 N–H and O–H groups in total. The highest BCUT2D eigenvalue weighted by Crippen LogP contribution is 2.13. The first kappa shape index (κ1) is 18.0. The number of aliphatic hydroxyl groups is 1. The van der Waals surface area contributed by atoms with E-state index in [-0.39, 0.29) is 12.1 Å². The van der Waals surface area contributed by atoms with Gasteiger partial charge in [0.15, 0.2) is 0 Å². The molecule has 21 heavy (non-hydrogen) atoms. The Hall–Kier alpha value is -1.09. The van der Waals surface area contributed by atoms with E-state index >= 15 is 0 Å². The van der Waals surface area contributed by atoms with Crippen LogP contribution in [0.2, 0.25) is 0 Å². The maximum atomic E-state index is 11.6. The normalized spacial score (nSPS) is 30.7. The molecule has 3 nitrogen and oxygen atoms in total. The summed E-state index contributed by atoms with van der Waals surface area (Å²) in [6.45, 7) is 1.95. The van der Waals surface area contributed by atoms with Crippen molar-refractivity contribution in [1.82, 2.24) is 0 Å². The van der Waals surface area contributed by atoms with Crippen LogP contribution in [0.25, 0.3) is 0 Å². The minimum absolute atomic E-state index is 0.0180. The number of esters is 1. The standard InChI is InChI=1S/C18H30O3/c1-16-12-8-6-4-2-3-5-7-9-13-17(19)14-10-11-15-18(20)21-16/h10-11,14-17,19H,2-9,12-13H2,1H3/b14-10-,15-11+/t16-,17+/m0/s1. The molecule has 0 saturated carbocycles. The molecule has 120 valence electrons. The molecule has 0 unspecified atom stereocenters. The van der Waals surface area contributed by atoms with Crippen LogP contribution in [0, 0.1) is 0 Å². The van der Waals surface area contributed by atoms with Crippen molar-refractivity contribution in [2.75, 3.05) is 0 Å². The third-order valence-electron chi connectivity index (χ3n) is 3.85. The topological polar surface area (TPSA) is 46.5 Å². The summed E-state index contributed by atoms with van der Waals surface area (Å²) in [7, 11) is 0. The second-order valence-corrected chi connectivity index (χ2v) is 5.96. The predicted octanol–water partition coefficient (Wildman–Crippen LogP) is 4.31. The highest BCUT2D eigenvalue weighted by atomic mass is 16.5. The van der Waals surface area contributed by atoms with Crippen molar-refractivity contribution >= 4 is 5.97 Å². The van der Waals surface area contributed by atoms with Crippen molar-refractivity contribution < 1.29 is 14.6 Å². The first-order valence-electron chi connectivity index (χ1n) is 8.42. The lowest BCUT2D eigenvalue weighted by Crippen LogP contribution is -2.12. The van der Waals surface area contributed by atoms with Crippen molar-refractivity contribution in [3.63, 3.8) is 0 Å². The van der Waals surface area contributed by atoms with Crippen molar-refractivity contribution in [2.24, 2.45) is 0 Å². The molecule has 1 aliphatic heterocycles. The van der Waals surface area contributed by atoms with Gasteiger partial charge >= 0.3 is 5.97 Å². The van der Waals surface area contributed by atoms with E-state index in [1.807, 2.05) is 6.92 Å². The number of aliphatic hydroxyl groups excluding tert-OH is 1. The number of rotatable bonds is 0. The number of cyclic esters (lactones) is 1. The third kappa shape index (κ3) is 10.3. The van der Waals surface area contributed by atoms with E-state index in [4.69, 9.17) is 4.74 Å². The molecule has 0 saturated heterocycles. The van der Waals surface area contributed by atoms with Crippen molar-refractivity contribution in [2.45, 2.75) is 83.3 Å². The summed E-state index contributed by atoms with van der Waals surface area (Å²) >= 11 is 0. The molecule has 3 heteroatoms. The summed E-state index contributed by atoms with van der Waals surface area (Å²) in [5.74, 6) is -0.303. The molecule has 0 amide bonds. The lowest BCUT2D eigenvalue weighted by molar-refractivity contribution is -0.142. The van der Waals surface area contributed by atoms with Gasteiger partial charge in [-0.25, -0.2) is 4.79 Å². The molecule has 1 aliphatic rings. The molecule has 1 heterocycles. The van der Waals surface area contributed by atoms with E-state index in [2.05, 4.69) is 0 Å². The van der Waals surface area contributed by atoms with Gasteiger partial charge in [0.2, 0.25) is 0 Å². The van der Waals surface area contributed by atoms with Crippen molar-refractivity contribution in [3.8, 4) is 0 Å². The summed E-state index contributed by atoms with van der Waals surface area (Å²) in [6.07, 6.45) is 17.6. The van der Waals surface area contributed by atoms with Gasteiger partial charge < -0.3 is 9.84 Å². The Bertz CT molecular complexity index is 333. The Morgan fingerprint density at radius 3 is 2.19 bits per heavy atom. The van der Waals surface area contributed by atoms with Crippen LogP contribution in [-0.4, -0.2) is 23.3 Å². The monoisotopic (exact) mass is 294 g/mol. The van der Waals surface area contributed by atoms with Gasteiger partial charge in [-0.1, -0.05) is 63.2 Å². The smallest absolute Gasteiger partial charge is 0.331 e. The molecule has 0 fully saturated rings. The number of hydrogen-bond acceptors (Lipinski definition) is 3. The molecule has 0 aromatic rings. The van der Waals surface area contributed by atoms with E-state index in [0.717, 1.165) is 25.7 Å². The Morgan fingerprint density at radius 1 is 0.952 bits per heavy atom. The van der Waals surface area contributed by atoms with Gasteiger partial charge in [-0.15, -0.1) is 0 Å². The zero-order valence-corrected chi connectivity index (χ0v) is 13.3. The van der Waals surface area contributed by atoms with Crippen LogP contribution in [0.3, 0.4) is 0 Å². The lowest BCUT2D eigenvalue weighted by Gasteiger charge is -2.11. The van der Waals surface area contributed by atoms with E-state index in [1.54, 1.807) is 18.2 Å². The maximum Gasteiger partial charge on any atom is 0.331 e. The number of hydrogen-bond donors (Lipinski definition) is 1. The molecule has 0 aliphatic carbocycles. The molecule has 1 rings (SSSR count). The fourth-order valence-corrected chi connectivity index (χ4v) is 2.57. The van der Waals surface area contributed by atoms with Crippen LogP contribution in [-0.2, 0) is 9.53 Å². The number of carbonyl (C=O) groups is 1. The SMILES string of the molecule is C[C@H]1CCCCCCCCCC[C@@H](O)/C=C\C=C\C(=O)O1. The fourth-order valence-electron chi connectivity index (χ4n) is 2.57. The largest absolute Gasteiger partial charge is 0.460 e. The van der Waals surface area contributed by atoms with E-state index < -0.39 is 6.10 Å². The second-order valence-electron chi connectivity index (χ2n) is 5.96. The number of allylic oxidation sites excluding steroid dienone is 2. The van der Waals surface area contributed by atoms with Crippen LogP contribution in [0.4, 0.5) is 0 Å². The van der Waals surface area contributed by atoms with Crippen LogP contribution in [0.5, 0.6) is 0 Å². The highest BCUT2D eigenvalue weighted by molar-refractivity contribution is 5.82. The van der Waals surface area contributed by atoms with Gasteiger partial charge in [-0.2, -0.15) is 0 Å². The van der Waals surface area contributed by atoms with Gasteiger partial charge in [0, 0.05) is 6.08 Å². The molecule has 0 aromatic carbocycles. The second kappa shape index (κ2) is 11.6. The zero-order valence-electron chi connectivity index (χ0n) is 13.3. The summed E-state index contributed by atoms with van der Waals surface area (Å²) in [5.41, 5.74) is 0. The van der Waals surface area contributed by atoms with Gasteiger partial charge in [0.1, 0.15) is 0 Å². The van der Waals surface area contributed by atoms with Crippen molar-refractivity contribution in [1.29, 1.82) is 0 Å². The Labute approximate surface area is 129 Å². The molecular weight excluding hydrogens is 264 g/mol. The van der Waals surface area contributed by atoms with E-state index in [0.29, 0.717) is 0 Å². The van der Waals surface area contributed by atoms with Gasteiger partial charge in [0.25, 0.3) is 0 Å². The number of ether oxygens (including phenoxy) is 1. The fraction of sp³-hybridized carbons (Fsp3) is 0.722. The third-order valence-corrected chi connectivity index (χ3v) is 3.85. The van der Waals surface area contributed by atoms with Crippen molar-refractivity contribution in [3.05, 3.63) is 24.3 Å². The molecule has 0 spiro atoms. The average Bonchev–Trinajstić information content (AvgIpc) is 2.44. The minimum Gasteiger partial charge on any atom is -0.460 e. The molecular formula is C18H30O3. The summed E-state index contributed by atoms with van der Waals surface area (Å²) in [6, 6.07) is 0. The van der Waals surface area contributed by atoms with Crippen LogP contribution >= 0.6 is 0 Å². The zero-order chi connectivity index (χ0) is 15.3. The van der Waals surface area contributed by atoms with Crippen LogP contribution in [0.1, 0.15) is 71.1 Å². The van der Waals surface area contributed by atoms with E-state index in [9.17, 15) is 9.90 Å². The van der Waals surface area contributed by atoms with Gasteiger partial charge in [0.05, 0.1) is 12.2 Å². The Kier molecular flexibility index (Phi) is 9.88.